The van der Waals surface area contributed by atoms with Gasteiger partial charge in [-0.1, -0.05) is 44.5 Å². The molecule has 14 heavy (non-hydrogen) atoms. The highest BCUT2D eigenvalue weighted by atomic mass is 79.9. The van der Waals surface area contributed by atoms with Crippen molar-refractivity contribution in [1.29, 1.82) is 0 Å². The number of hydrogen-bond acceptors (Lipinski definition) is 3. The lowest BCUT2D eigenvalue weighted by atomic mass is 10.2. The molecule has 0 saturated heterocycles. The van der Waals surface area contributed by atoms with Crippen LogP contribution in [0.25, 0.3) is 0 Å². The first-order valence-electron chi connectivity index (χ1n) is 3.82. The zero-order valence-electron chi connectivity index (χ0n) is 7.89. The Labute approximate surface area is 100 Å². The molecule has 0 radical (unpaired) electrons. The molecule has 0 amide bonds. The third kappa shape index (κ3) is 5.57. The molecular formula is C9H12Br2O3. The smallest absolute Gasteiger partial charge is 0.337 e. The molecule has 0 N–H and O–H groups in total. The zero-order valence-corrected chi connectivity index (χ0v) is 11.1. The van der Waals surface area contributed by atoms with E-state index in [1.54, 1.807) is 13.0 Å². The maximum absolute atomic E-state index is 11.3. The molecule has 0 aromatic carbocycles. The van der Waals surface area contributed by atoms with Gasteiger partial charge in [-0.2, -0.15) is 0 Å². The van der Waals surface area contributed by atoms with Crippen LogP contribution in [-0.2, 0) is 14.3 Å². The Morgan fingerprint density at radius 1 is 1.57 bits per heavy atom. The van der Waals surface area contributed by atoms with Crippen LogP contribution < -0.4 is 0 Å². The zero-order chi connectivity index (χ0) is 11.2. The fourth-order valence-electron chi connectivity index (χ4n) is 0.493. The maximum Gasteiger partial charge on any atom is 0.337 e. The van der Waals surface area contributed by atoms with Gasteiger partial charge in [0.15, 0.2) is 6.79 Å². The van der Waals surface area contributed by atoms with E-state index in [1.807, 2.05) is 0 Å². The highest BCUT2D eigenvalue weighted by Crippen LogP contribution is 2.33. The summed E-state index contributed by atoms with van der Waals surface area (Å²) in [7, 11) is 0. The number of carbonyl (C=O) groups is 1. The van der Waals surface area contributed by atoms with Crippen LogP contribution in [0.1, 0.15) is 6.92 Å². The van der Waals surface area contributed by atoms with Crippen LogP contribution in [0.15, 0.2) is 24.8 Å². The topological polar surface area (TPSA) is 35.5 Å². The highest BCUT2D eigenvalue weighted by Gasteiger charge is 2.26. The number of ether oxygens (including phenoxy) is 2. The molecule has 0 aliphatic heterocycles. The fourth-order valence-corrected chi connectivity index (χ4v) is 0.817. The standard InChI is InChI=1S/C9H12Br2O3/c1-4-5-13-6-14-8(12)7(2)9(3,10)11/h4H,1-2,5-6H2,3H3. The van der Waals surface area contributed by atoms with Gasteiger partial charge in [0.2, 0.25) is 0 Å². The van der Waals surface area contributed by atoms with Crippen molar-refractivity contribution in [2.45, 2.75) is 10.2 Å². The second kappa shape index (κ2) is 6.37. The predicted octanol–water partition coefficient (Wildman–Crippen LogP) is 2.75. The van der Waals surface area contributed by atoms with E-state index in [9.17, 15) is 4.79 Å². The van der Waals surface area contributed by atoms with Crippen LogP contribution in [0.4, 0.5) is 0 Å². The first kappa shape index (κ1) is 13.9. The molecule has 0 heterocycles. The van der Waals surface area contributed by atoms with E-state index >= 15 is 0 Å². The van der Waals surface area contributed by atoms with Gasteiger partial charge in [-0.15, -0.1) is 6.58 Å². The SMILES string of the molecule is C=CCOCOC(=O)C(=C)C(C)(Br)Br. The van der Waals surface area contributed by atoms with Crippen molar-refractivity contribution in [3.8, 4) is 0 Å². The van der Waals surface area contributed by atoms with Gasteiger partial charge in [-0.25, -0.2) is 4.79 Å². The summed E-state index contributed by atoms with van der Waals surface area (Å²) in [5, 5.41) is 0. The fraction of sp³-hybridized carbons (Fsp3) is 0.444. The average molecular weight is 328 g/mol. The van der Waals surface area contributed by atoms with Gasteiger partial charge >= 0.3 is 5.97 Å². The molecule has 0 spiro atoms. The molecule has 0 saturated carbocycles. The number of alkyl halides is 2. The van der Waals surface area contributed by atoms with E-state index in [0.717, 1.165) is 0 Å². The molecule has 0 atom stereocenters. The van der Waals surface area contributed by atoms with Crippen LogP contribution in [0, 0.1) is 0 Å². The predicted molar refractivity (Wildman–Crippen MR) is 62.5 cm³/mol. The van der Waals surface area contributed by atoms with Crippen molar-refractivity contribution in [2.24, 2.45) is 0 Å². The van der Waals surface area contributed by atoms with E-state index in [4.69, 9.17) is 9.47 Å². The molecule has 0 aromatic heterocycles. The summed E-state index contributed by atoms with van der Waals surface area (Å²) >= 11 is 6.45. The lowest BCUT2D eigenvalue weighted by Crippen LogP contribution is -2.20. The molecule has 80 valence electrons. The van der Waals surface area contributed by atoms with Crippen molar-refractivity contribution in [1.82, 2.24) is 0 Å². The van der Waals surface area contributed by atoms with Gasteiger partial charge in [0, 0.05) is 0 Å². The molecule has 0 fully saturated rings. The van der Waals surface area contributed by atoms with E-state index in [0.29, 0.717) is 6.61 Å². The first-order valence-corrected chi connectivity index (χ1v) is 5.41. The van der Waals surface area contributed by atoms with Crippen LogP contribution in [-0.4, -0.2) is 22.6 Å². The summed E-state index contributed by atoms with van der Waals surface area (Å²) in [6.07, 6.45) is 1.57. The Morgan fingerprint density at radius 2 is 2.14 bits per heavy atom. The van der Waals surface area contributed by atoms with Crippen molar-refractivity contribution < 1.29 is 14.3 Å². The lowest BCUT2D eigenvalue weighted by Gasteiger charge is -2.15. The maximum atomic E-state index is 11.3. The highest BCUT2D eigenvalue weighted by molar-refractivity contribution is 9.25. The minimum Gasteiger partial charge on any atom is -0.435 e. The van der Waals surface area contributed by atoms with Crippen LogP contribution in [0.2, 0.25) is 0 Å². The monoisotopic (exact) mass is 326 g/mol. The van der Waals surface area contributed by atoms with Crippen molar-refractivity contribution in [2.75, 3.05) is 13.4 Å². The second-order valence-corrected chi connectivity index (χ2v) is 6.81. The Hall–Kier alpha value is -0.130. The summed E-state index contributed by atoms with van der Waals surface area (Å²) in [5.74, 6) is -0.509. The summed E-state index contributed by atoms with van der Waals surface area (Å²) in [4.78, 5) is 11.3. The summed E-state index contributed by atoms with van der Waals surface area (Å²) in [6, 6.07) is 0. The molecule has 0 rings (SSSR count). The van der Waals surface area contributed by atoms with Gasteiger partial charge in [-0.3, -0.25) is 0 Å². The third-order valence-electron chi connectivity index (χ3n) is 1.29. The van der Waals surface area contributed by atoms with E-state index < -0.39 is 9.20 Å². The minimum absolute atomic E-state index is 0.0973. The van der Waals surface area contributed by atoms with Gasteiger partial charge < -0.3 is 9.47 Å². The van der Waals surface area contributed by atoms with E-state index in [2.05, 4.69) is 45.0 Å². The lowest BCUT2D eigenvalue weighted by molar-refractivity contribution is -0.150. The van der Waals surface area contributed by atoms with Crippen LogP contribution in [0.3, 0.4) is 0 Å². The van der Waals surface area contributed by atoms with Gasteiger partial charge in [-0.05, 0) is 6.92 Å². The van der Waals surface area contributed by atoms with Gasteiger partial charge in [0.05, 0.1) is 12.2 Å². The summed E-state index contributed by atoms with van der Waals surface area (Å²) < 4.78 is 9.00. The number of hydrogen-bond donors (Lipinski definition) is 0. The number of esters is 1. The number of rotatable bonds is 6. The number of halogens is 2. The number of carbonyl (C=O) groups excluding carboxylic acids is 1. The average Bonchev–Trinajstić information content (AvgIpc) is 2.09. The van der Waals surface area contributed by atoms with E-state index in [-0.39, 0.29) is 12.4 Å². The molecule has 3 nitrogen and oxygen atoms in total. The van der Waals surface area contributed by atoms with Crippen molar-refractivity contribution in [3.05, 3.63) is 24.8 Å². The Morgan fingerprint density at radius 3 is 2.57 bits per heavy atom. The molecule has 0 aliphatic rings. The molecule has 0 unspecified atom stereocenters. The van der Waals surface area contributed by atoms with Gasteiger partial charge in [0.1, 0.15) is 3.23 Å². The van der Waals surface area contributed by atoms with Crippen LogP contribution in [0.5, 0.6) is 0 Å². The summed E-state index contributed by atoms with van der Waals surface area (Å²) in [5.41, 5.74) is 0.278. The van der Waals surface area contributed by atoms with E-state index in [1.165, 1.54) is 0 Å². The largest absolute Gasteiger partial charge is 0.435 e. The van der Waals surface area contributed by atoms with Gasteiger partial charge in [0.25, 0.3) is 0 Å². The molecule has 5 heteroatoms. The Balaban J connectivity index is 3.86. The normalized spacial score (nSPS) is 10.8. The third-order valence-corrected chi connectivity index (χ3v) is 2.24. The molecule has 0 aromatic rings. The minimum atomic E-state index is -0.643. The molecule has 0 bridgehead atoms. The Kier molecular flexibility index (Phi) is 6.31. The van der Waals surface area contributed by atoms with Crippen molar-refractivity contribution >= 4 is 37.8 Å². The quantitative estimate of drug-likeness (QED) is 0.188. The first-order chi connectivity index (χ1) is 6.39. The second-order valence-electron chi connectivity index (χ2n) is 2.58. The Bertz CT molecular complexity index is 231. The van der Waals surface area contributed by atoms with Crippen LogP contribution >= 0.6 is 31.9 Å². The molecular weight excluding hydrogens is 316 g/mol. The molecule has 0 aliphatic carbocycles. The van der Waals surface area contributed by atoms with Crippen molar-refractivity contribution in [3.63, 3.8) is 0 Å². The summed E-state index contributed by atoms with van der Waals surface area (Å²) in [6.45, 7) is 9.02.